The predicted octanol–water partition coefficient (Wildman–Crippen LogP) is 3.72. The molecule has 1 aliphatic carbocycles. The van der Waals surface area contributed by atoms with Gasteiger partial charge in [0.15, 0.2) is 0 Å². The average molecular weight is 350 g/mol. The van der Waals surface area contributed by atoms with Gasteiger partial charge in [-0.3, -0.25) is 0 Å². The molecule has 6 heteroatoms. The SMILES string of the molecule is C1CCCCC1.CONCc1ccn(S(=O)(=O)c2ccccc2)c1. The maximum Gasteiger partial charge on any atom is 0.267 e. The van der Waals surface area contributed by atoms with Gasteiger partial charge in [0.1, 0.15) is 0 Å². The molecule has 0 amide bonds. The van der Waals surface area contributed by atoms with E-state index < -0.39 is 10.0 Å². The fourth-order valence-electron chi connectivity index (χ4n) is 2.60. The van der Waals surface area contributed by atoms with Gasteiger partial charge in [0.2, 0.25) is 0 Å². The highest BCUT2D eigenvalue weighted by molar-refractivity contribution is 7.90. The van der Waals surface area contributed by atoms with Crippen molar-refractivity contribution >= 4 is 10.0 Å². The monoisotopic (exact) mass is 350 g/mol. The normalized spacial score (nSPS) is 14.7. The second-order valence-corrected chi connectivity index (χ2v) is 7.66. The van der Waals surface area contributed by atoms with Gasteiger partial charge in [-0.1, -0.05) is 56.7 Å². The Morgan fingerprint density at radius 3 is 2.12 bits per heavy atom. The third kappa shape index (κ3) is 5.47. The molecule has 0 atom stereocenters. The summed E-state index contributed by atoms with van der Waals surface area (Å²) in [5, 5.41) is 0. The Morgan fingerprint density at radius 1 is 1.00 bits per heavy atom. The van der Waals surface area contributed by atoms with Crippen LogP contribution in [0.4, 0.5) is 0 Å². The Bertz CT molecular complexity index is 681. The maximum atomic E-state index is 12.2. The zero-order valence-electron chi connectivity index (χ0n) is 14.1. The van der Waals surface area contributed by atoms with E-state index in [2.05, 4.69) is 5.48 Å². The molecule has 0 saturated heterocycles. The Hall–Kier alpha value is -1.63. The van der Waals surface area contributed by atoms with Crippen LogP contribution in [-0.4, -0.2) is 19.5 Å². The first-order chi connectivity index (χ1) is 11.6. The van der Waals surface area contributed by atoms with E-state index in [1.807, 2.05) is 0 Å². The number of rotatable bonds is 5. The topological polar surface area (TPSA) is 60.3 Å². The summed E-state index contributed by atoms with van der Waals surface area (Å²) in [6.45, 7) is 0.452. The third-order valence-electron chi connectivity index (χ3n) is 3.97. The number of hydrogen-bond acceptors (Lipinski definition) is 4. The molecule has 24 heavy (non-hydrogen) atoms. The molecule has 132 valence electrons. The molecule has 0 bridgehead atoms. The van der Waals surface area contributed by atoms with Gasteiger partial charge >= 0.3 is 0 Å². The molecule has 3 rings (SSSR count). The molecule has 2 aromatic rings. The van der Waals surface area contributed by atoms with Crippen LogP contribution in [0.25, 0.3) is 0 Å². The van der Waals surface area contributed by atoms with Crippen molar-refractivity contribution < 1.29 is 13.3 Å². The largest absolute Gasteiger partial charge is 0.305 e. The van der Waals surface area contributed by atoms with Gasteiger partial charge in [-0.05, 0) is 23.8 Å². The van der Waals surface area contributed by atoms with Gasteiger partial charge in [-0.25, -0.2) is 12.4 Å². The van der Waals surface area contributed by atoms with Crippen molar-refractivity contribution in [2.75, 3.05) is 7.11 Å². The number of nitrogens with zero attached hydrogens (tertiary/aromatic N) is 1. The zero-order valence-corrected chi connectivity index (χ0v) is 15.0. The van der Waals surface area contributed by atoms with E-state index in [0.29, 0.717) is 6.54 Å². The van der Waals surface area contributed by atoms with Crippen molar-refractivity contribution in [3.05, 3.63) is 54.4 Å². The molecule has 0 unspecified atom stereocenters. The van der Waals surface area contributed by atoms with E-state index in [4.69, 9.17) is 4.84 Å². The lowest BCUT2D eigenvalue weighted by atomic mass is 10.0. The molecule has 0 spiro atoms. The molecule has 0 radical (unpaired) electrons. The van der Waals surface area contributed by atoms with Crippen LogP contribution in [-0.2, 0) is 21.4 Å². The van der Waals surface area contributed by atoms with E-state index in [9.17, 15) is 8.42 Å². The Labute approximate surface area is 144 Å². The first kappa shape index (κ1) is 18.7. The number of nitrogens with one attached hydrogen (secondary N) is 1. The number of hydroxylamine groups is 1. The fourth-order valence-corrected chi connectivity index (χ4v) is 3.84. The van der Waals surface area contributed by atoms with Crippen molar-refractivity contribution in [2.45, 2.75) is 50.0 Å². The minimum absolute atomic E-state index is 0.270. The molecule has 1 aliphatic rings. The molecule has 1 N–H and O–H groups in total. The predicted molar refractivity (Wildman–Crippen MR) is 95.0 cm³/mol. The highest BCUT2D eigenvalue weighted by atomic mass is 32.2. The van der Waals surface area contributed by atoms with Crippen LogP contribution < -0.4 is 5.48 Å². The second-order valence-electron chi connectivity index (χ2n) is 5.81. The van der Waals surface area contributed by atoms with Crippen LogP contribution in [0.15, 0.2) is 53.7 Å². The van der Waals surface area contributed by atoms with Crippen LogP contribution in [0.5, 0.6) is 0 Å². The molecule has 0 aliphatic heterocycles. The molecular formula is C18H26N2O3S. The Morgan fingerprint density at radius 2 is 1.58 bits per heavy atom. The molecule has 5 nitrogen and oxygen atoms in total. The van der Waals surface area contributed by atoms with E-state index in [0.717, 1.165) is 5.56 Å². The quantitative estimate of drug-likeness (QED) is 0.835. The molecule has 1 saturated carbocycles. The van der Waals surface area contributed by atoms with Crippen LogP contribution in [0.3, 0.4) is 0 Å². The van der Waals surface area contributed by atoms with Crippen molar-refractivity contribution in [1.29, 1.82) is 0 Å². The van der Waals surface area contributed by atoms with Crippen LogP contribution in [0, 0.1) is 0 Å². The van der Waals surface area contributed by atoms with E-state index >= 15 is 0 Å². The van der Waals surface area contributed by atoms with Crippen molar-refractivity contribution in [1.82, 2.24) is 9.45 Å². The van der Waals surface area contributed by atoms with Crippen LogP contribution in [0.2, 0.25) is 0 Å². The van der Waals surface area contributed by atoms with Crippen molar-refractivity contribution in [3.63, 3.8) is 0 Å². The summed E-state index contributed by atoms with van der Waals surface area (Å²) in [5.74, 6) is 0. The van der Waals surface area contributed by atoms with Crippen molar-refractivity contribution in [3.8, 4) is 0 Å². The average Bonchev–Trinajstić information content (AvgIpc) is 3.12. The minimum atomic E-state index is -3.50. The standard InChI is InChI=1S/C12H14N2O3S.C6H12/c1-17-13-9-11-7-8-14(10-11)18(15,16)12-5-3-2-4-6-12;1-2-4-6-5-3-1/h2-8,10,13H,9H2,1H3;1-6H2. The molecule has 1 aromatic heterocycles. The van der Waals surface area contributed by atoms with E-state index in [-0.39, 0.29) is 4.90 Å². The summed E-state index contributed by atoms with van der Waals surface area (Å²) in [7, 11) is -1.98. The van der Waals surface area contributed by atoms with Gasteiger partial charge in [0.05, 0.1) is 12.0 Å². The number of aromatic nitrogens is 1. The minimum Gasteiger partial charge on any atom is -0.305 e. The zero-order chi connectivity index (χ0) is 17.3. The van der Waals surface area contributed by atoms with Gasteiger partial charge in [0, 0.05) is 18.9 Å². The molecular weight excluding hydrogens is 324 g/mol. The fraction of sp³-hybridized carbons (Fsp3) is 0.444. The highest BCUT2D eigenvalue weighted by Gasteiger charge is 2.15. The lowest BCUT2D eigenvalue weighted by Gasteiger charge is -2.05. The third-order valence-corrected chi connectivity index (χ3v) is 5.62. The molecule has 1 fully saturated rings. The van der Waals surface area contributed by atoms with Gasteiger partial charge in [0.25, 0.3) is 10.0 Å². The Kier molecular flexibility index (Phi) is 7.49. The van der Waals surface area contributed by atoms with Crippen molar-refractivity contribution in [2.24, 2.45) is 0 Å². The number of hydrogen-bond donors (Lipinski definition) is 1. The maximum absolute atomic E-state index is 12.2. The molecule has 1 heterocycles. The van der Waals surface area contributed by atoms with Gasteiger partial charge in [-0.15, -0.1) is 0 Å². The second kappa shape index (κ2) is 9.61. The first-order valence-corrected chi connectivity index (χ1v) is 9.82. The summed E-state index contributed by atoms with van der Waals surface area (Å²) in [5.41, 5.74) is 3.49. The van der Waals surface area contributed by atoms with Gasteiger partial charge < -0.3 is 4.84 Å². The summed E-state index contributed by atoms with van der Waals surface area (Å²) in [6.07, 6.45) is 12.1. The number of benzene rings is 1. The van der Waals surface area contributed by atoms with E-state index in [1.165, 1.54) is 55.8 Å². The van der Waals surface area contributed by atoms with Gasteiger partial charge in [-0.2, -0.15) is 5.48 Å². The van der Waals surface area contributed by atoms with Crippen LogP contribution >= 0.6 is 0 Å². The summed E-state index contributed by atoms with van der Waals surface area (Å²) in [6, 6.07) is 10.0. The first-order valence-electron chi connectivity index (χ1n) is 8.38. The highest BCUT2D eigenvalue weighted by Crippen LogP contribution is 2.15. The Balaban J connectivity index is 0.000000292. The molecule has 1 aromatic carbocycles. The lowest BCUT2D eigenvalue weighted by Crippen LogP contribution is -2.12. The van der Waals surface area contributed by atoms with Crippen LogP contribution in [0.1, 0.15) is 44.1 Å². The summed E-state index contributed by atoms with van der Waals surface area (Å²) >= 11 is 0. The summed E-state index contributed by atoms with van der Waals surface area (Å²) in [4.78, 5) is 4.99. The van der Waals surface area contributed by atoms with E-state index in [1.54, 1.807) is 42.6 Å². The lowest BCUT2D eigenvalue weighted by molar-refractivity contribution is 0.0867. The summed E-state index contributed by atoms with van der Waals surface area (Å²) < 4.78 is 25.7. The smallest absolute Gasteiger partial charge is 0.267 e.